The lowest BCUT2D eigenvalue weighted by Crippen LogP contribution is -2.13. The number of nitrogens with zero attached hydrogens (tertiary/aromatic N) is 3. The van der Waals surface area contributed by atoms with Crippen molar-refractivity contribution >= 4 is 11.6 Å². The Hall–Kier alpha value is -3.66. The minimum Gasteiger partial charge on any atom is -0.485 e. The van der Waals surface area contributed by atoms with Crippen molar-refractivity contribution in [3.63, 3.8) is 0 Å². The maximum absolute atomic E-state index is 12.5. The van der Waals surface area contributed by atoms with Crippen LogP contribution in [0.15, 0.2) is 53.1 Å². The number of ether oxygens (including phenoxy) is 1. The Kier molecular flexibility index (Phi) is 4.72. The number of benzene rings is 2. The van der Waals surface area contributed by atoms with Crippen LogP contribution >= 0.6 is 0 Å². The van der Waals surface area contributed by atoms with Gasteiger partial charge in [-0.25, -0.2) is 0 Å². The molecule has 0 bridgehead atoms. The molecule has 0 aliphatic heterocycles. The van der Waals surface area contributed by atoms with Crippen LogP contribution in [0.4, 0.5) is 5.69 Å². The van der Waals surface area contributed by atoms with Crippen LogP contribution in [0.1, 0.15) is 27.6 Å². The van der Waals surface area contributed by atoms with Gasteiger partial charge in [0.1, 0.15) is 5.75 Å². The fraction of sp³-hybridized carbons (Fsp3) is 0.111. The van der Waals surface area contributed by atoms with Crippen molar-refractivity contribution < 1.29 is 14.1 Å². The van der Waals surface area contributed by atoms with Crippen LogP contribution in [0.25, 0.3) is 0 Å². The molecule has 25 heavy (non-hydrogen) atoms. The third-order valence-electron chi connectivity index (χ3n) is 3.33. The average molecular weight is 334 g/mol. The molecule has 2 aromatic carbocycles. The molecule has 1 aromatic heterocycles. The van der Waals surface area contributed by atoms with E-state index >= 15 is 0 Å². The Morgan fingerprint density at radius 2 is 2.00 bits per heavy atom. The number of nitriles is 1. The van der Waals surface area contributed by atoms with Gasteiger partial charge < -0.3 is 14.6 Å². The molecule has 0 radical (unpaired) electrons. The first-order chi connectivity index (χ1) is 12.2. The van der Waals surface area contributed by atoms with Gasteiger partial charge in [0.2, 0.25) is 11.7 Å². The number of aromatic nitrogens is 2. The fourth-order valence-electron chi connectivity index (χ4n) is 2.15. The summed E-state index contributed by atoms with van der Waals surface area (Å²) in [7, 11) is 0. The predicted molar refractivity (Wildman–Crippen MR) is 88.9 cm³/mol. The largest absolute Gasteiger partial charge is 0.485 e. The Morgan fingerprint density at radius 1 is 1.24 bits per heavy atom. The molecule has 0 spiro atoms. The van der Waals surface area contributed by atoms with E-state index in [1.165, 1.54) is 0 Å². The molecule has 3 rings (SSSR count). The van der Waals surface area contributed by atoms with Gasteiger partial charge in [0.15, 0.2) is 6.61 Å². The van der Waals surface area contributed by atoms with Crippen molar-refractivity contribution in [2.45, 2.75) is 13.5 Å². The number of anilines is 1. The van der Waals surface area contributed by atoms with Crippen molar-refractivity contribution in [1.29, 1.82) is 5.26 Å². The van der Waals surface area contributed by atoms with E-state index in [2.05, 4.69) is 15.5 Å². The molecule has 1 amide bonds. The highest BCUT2D eigenvalue weighted by Crippen LogP contribution is 2.21. The van der Waals surface area contributed by atoms with Crippen LogP contribution in [0, 0.1) is 18.3 Å². The minimum atomic E-state index is -0.315. The van der Waals surface area contributed by atoms with Crippen molar-refractivity contribution in [1.82, 2.24) is 10.1 Å². The number of para-hydroxylation sites is 1. The highest BCUT2D eigenvalue weighted by Gasteiger charge is 2.13. The summed E-state index contributed by atoms with van der Waals surface area (Å²) in [5.41, 5.74) is 1.50. The van der Waals surface area contributed by atoms with Crippen LogP contribution in [0.5, 0.6) is 5.75 Å². The smallest absolute Gasteiger partial charge is 0.259 e. The lowest BCUT2D eigenvalue weighted by Gasteiger charge is -2.10. The molecule has 7 heteroatoms. The first kappa shape index (κ1) is 16.2. The van der Waals surface area contributed by atoms with E-state index in [1.54, 1.807) is 55.5 Å². The van der Waals surface area contributed by atoms with E-state index < -0.39 is 0 Å². The highest BCUT2D eigenvalue weighted by molar-refractivity contribution is 6.06. The molecule has 0 fully saturated rings. The van der Waals surface area contributed by atoms with Gasteiger partial charge in [0.25, 0.3) is 5.91 Å². The molecular formula is C18H14N4O3. The van der Waals surface area contributed by atoms with Crippen LogP contribution < -0.4 is 10.1 Å². The summed E-state index contributed by atoms with van der Waals surface area (Å²) < 4.78 is 10.5. The first-order valence-electron chi connectivity index (χ1n) is 7.48. The van der Waals surface area contributed by atoms with Gasteiger partial charge in [-0.3, -0.25) is 4.79 Å². The van der Waals surface area contributed by atoms with E-state index in [-0.39, 0.29) is 12.5 Å². The number of rotatable bonds is 5. The Morgan fingerprint density at radius 3 is 2.68 bits per heavy atom. The topological polar surface area (TPSA) is 101 Å². The van der Waals surface area contributed by atoms with Gasteiger partial charge >= 0.3 is 0 Å². The third kappa shape index (κ3) is 4.00. The average Bonchev–Trinajstić information content (AvgIpc) is 3.06. The van der Waals surface area contributed by atoms with Gasteiger partial charge in [-0.15, -0.1) is 0 Å². The van der Waals surface area contributed by atoms with Gasteiger partial charge in [0, 0.05) is 12.6 Å². The summed E-state index contributed by atoms with van der Waals surface area (Å²) >= 11 is 0. The standard InChI is InChI=1S/C18H14N4O3/c1-12-20-17(22-25-12)11-24-16-5-3-2-4-15(16)18(23)21-14-8-6-13(10-19)7-9-14/h2-9H,11H2,1H3,(H,21,23). The molecule has 3 aromatic rings. The van der Waals surface area contributed by atoms with Crippen LogP contribution in [-0.4, -0.2) is 16.0 Å². The van der Waals surface area contributed by atoms with Crippen molar-refractivity contribution in [3.8, 4) is 11.8 Å². The van der Waals surface area contributed by atoms with Gasteiger partial charge in [-0.2, -0.15) is 10.2 Å². The van der Waals surface area contributed by atoms with Crippen LogP contribution in [-0.2, 0) is 6.61 Å². The van der Waals surface area contributed by atoms with Crippen molar-refractivity contribution in [3.05, 3.63) is 71.4 Å². The minimum absolute atomic E-state index is 0.0957. The highest BCUT2D eigenvalue weighted by atomic mass is 16.5. The summed E-state index contributed by atoms with van der Waals surface area (Å²) in [6.45, 7) is 1.79. The number of hydrogen-bond donors (Lipinski definition) is 1. The van der Waals surface area contributed by atoms with Gasteiger partial charge in [-0.05, 0) is 36.4 Å². The molecule has 0 atom stereocenters. The lowest BCUT2D eigenvalue weighted by molar-refractivity contribution is 0.102. The Bertz CT molecular complexity index is 926. The molecule has 0 saturated heterocycles. The molecule has 0 unspecified atom stereocenters. The second-order valence-corrected chi connectivity index (χ2v) is 5.16. The third-order valence-corrected chi connectivity index (χ3v) is 3.33. The maximum Gasteiger partial charge on any atom is 0.259 e. The first-order valence-corrected chi connectivity index (χ1v) is 7.48. The number of amides is 1. The number of nitrogens with one attached hydrogen (secondary N) is 1. The SMILES string of the molecule is Cc1nc(COc2ccccc2C(=O)Nc2ccc(C#N)cc2)no1. The molecule has 7 nitrogen and oxygen atoms in total. The summed E-state index contributed by atoms with van der Waals surface area (Å²) in [6, 6.07) is 15.5. The zero-order valence-electron chi connectivity index (χ0n) is 13.4. The van der Waals surface area contributed by atoms with Crippen LogP contribution in [0.2, 0.25) is 0 Å². The second kappa shape index (κ2) is 7.27. The zero-order valence-corrected chi connectivity index (χ0v) is 13.4. The number of carbonyl (C=O) groups is 1. The van der Waals surface area contributed by atoms with Crippen molar-refractivity contribution in [2.24, 2.45) is 0 Å². The predicted octanol–water partition coefficient (Wildman–Crippen LogP) is 3.08. The molecule has 1 heterocycles. The summed E-state index contributed by atoms with van der Waals surface area (Å²) in [4.78, 5) is 16.6. The number of aryl methyl sites for hydroxylation is 1. The Labute approximate surface area is 143 Å². The van der Waals surface area contributed by atoms with E-state index in [0.717, 1.165) is 0 Å². The van der Waals surface area contributed by atoms with E-state index in [4.69, 9.17) is 14.5 Å². The zero-order chi connectivity index (χ0) is 17.6. The molecule has 0 aliphatic carbocycles. The second-order valence-electron chi connectivity index (χ2n) is 5.16. The quantitative estimate of drug-likeness (QED) is 0.769. The Balaban J connectivity index is 1.72. The lowest BCUT2D eigenvalue weighted by atomic mass is 10.1. The van der Waals surface area contributed by atoms with E-state index in [1.807, 2.05) is 6.07 Å². The van der Waals surface area contributed by atoms with E-state index in [0.29, 0.717) is 34.3 Å². The van der Waals surface area contributed by atoms with Gasteiger partial charge in [-0.1, -0.05) is 17.3 Å². The van der Waals surface area contributed by atoms with E-state index in [9.17, 15) is 4.79 Å². The molecule has 0 saturated carbocycles. The summed E-state index contributed by atoms with van der Waals surface area (Å²) in [5, 5.41) is 15.3. The van der Waals surface area contributed by atoms with Gasteiger partial charge in [0.05, 0.1) is 17.2 Å². The van der Waals surface area contributed by atoms with Crippen molar-refractivity contribution in [2.75, 3.05) is 5.32 Å². The summed E-state index contributed by atoms with van der Waals surface area (Å²) in [6.07, 6.45) is 0. The number of hydrogen-bond acceptors (Lipinski definition) is 6. The maximum atomic E-state index is 12.5. The summed E-state index contributed by atoms with van der Waals surface area (Å²) in [5.74, 6) is 0.950. The molecule has 124 valence electrons. The molecule has 0 aliphatic rings. The normalized spacial score (nSPS) is 10.1. The number of carbonyl (C=O) groups excluding carboxylic acids is 1. The molecular weight excluding hydrogens is 320 g/mol. The molecule has 1 N–H and O–H groups in total. The van der Waals surface area contributed by atoms with Crippen LogP contribution in [0.3, 0.4) is 0 Å². The fourth-order valence-corrected chi connectivity index (χ4v) is 2.15. The monoisotopic (exact) mass is 334 g/mol.